The minimum Gasteiger partial charge on any atom is -0.489 e. The molecule has 0 aliphatic rings. The highest BCUT2D eigenvalue weighted by Gasteiger charge is 2.17. The average Bonchev–Trinajstić information content (AvgIpc) is 3.19. The Morgan fingerprint density at radius 1 is 1.00 bits per heavy atom. The molecule has 0 bridgehead atoms. The van der Waals surface area contributed by atoms with E-state index in [1.165, 1.54) is 18.4 Å². The summed E-state index contributed by atoms with van der Waals surface area (Å²) < 4.78 is 37.8. The molecule has 3 rings (SSSR count). The van der Waals surface area contributed by atoms with Gasteiger partial charge in [0.15, 0.2) is 5.76 Å². The second-order valence-electron chi connectivity index (χ2n) is 6.34. The maximum absolute atomic E-state index is 12.3. The topological polar surface area (TPSA) is 97.6 Å². The Kier molecular flexibility index (Phi) is 6.69. The number of aryl methyl sites for hydroxylation is 1. The van der Waals surface area contributed by atoms with Gasteiger partial charge in [0.1, 0.15) is 12.4 Å². The van der Waals surface area contributed by atoms with E-state index < -0.39 is 15.9 Å². The van der Waals surface area contributed by atoms with Crippen LogP contribution in [0.4, 0.5) is 0 Å². The molecule has 0 unspecified atom stereocenters. The molecule has 2 aromatic carbocycles. The van der Waals surface area contributed by atoms with Crippen LogP contribution >= 0.6 is 0 Å². The van der Waals surface area contributed by atoms with Gasteiger partial charge >= 0.3 is 0 Å². The van der Waals surface area contributed by atoms with E-state index in [0.29, 0.717) is 11.3 Å². The van der Waals surface area contributed by atoms with Crippen LogP contribution in [0.5, 0.6) is 5.75 Å². The third-order valence-electron chi connectivity index (χ3n) is 4.12. The van der Waals surface area contributed by atoms with Crippen LogP contribution in [0.1, 0.15) is 21.7 Å². The molecule has 1 amide bonds. The molecule has 0 aliphatic carbocycles. The molecule has 0 spiro atoms. The number of hydrogen-bond acceptors (Lipinski definition) is 5. The summed E-state index contributed by atoms with van der Waals surface area (Å²) >= 11 is 0. The maximum atomic E-state index is 12.3. The zero-order valence-electron chi connectivity index (χ0n) is 15.9. The fourth-order valence-corrected chi connectivity index (χ4v) is 3.60. The van der Waals surface area contributed by atoms with Gasteiger partial charge < -0.3 is 14.5 Å². The molecular formula is C21H22N2O5S. The Balaban J connectivity index is 1.49. The summed E-state index contributed by atoms with van der Waals surface area (Å²) in [7, 11) is -3.62. The number of para-hydroxylation sites is 1. The molecule has 0 aliphatic heterocycles. The monoisotopic (exact) mass is 414 g/mol. The highest BCUT2D eigenvalue weighted by Crippen LogP contribution is 2.15. The lowest BCUT2D eigenvalue weighted by Crippen LogP contribution is -2.34. The molecular weight excluding hydrogens is 392 g/mol. The van der Waals surface area contributed by atoms with Crippen LogP contribution in [0, 0.1) is 6.92 Å². The first-order valence-corrected chi connectivity index (χ1v) is 10.5. The third kappa shape index (κ3) is 5.69. The molecule has 7 nitrogen and oxygen atoms in total. The van der Waals surface area contributed by atoms with Crippen molar-refractivity contribution in [2.24, 2.45) is 0 Å². The first-order chi connectivity index (χ1) is 14.0. The molecule has 0 saturated carbocycles. The summed E-state index contributed by atoms with van der Waals surface area (Å²) in [5.74, 6) is 0.393. The number of nitrogens with one attached hydrogen (secondary N) is 2. The number of rotatable bonds is 9. The Morgan fingerprint density at radius 2 is 1.72 bits per heavy atom. The maximum Gasteiger partial charge on any atom is 0.287 e. The van der Waals surface area contributed by atoms with Gasteiger partial charge in [0, 0.05) is 18.7 Å². The summed E-state index contributed by atoms with van der Waals surface area (Å²) in [4.78, 5) is 12.5. The number of sulfonamides is 1. The molecule has 2 N–H and O–H groups in total. The van der Waals surface area contributed by atoms with E-state index in [1.807, 2.05) is 37.3 Å². The summed E-state index contributed by atoms with van der Waals surface area (Å²) in [6, 6.07) is 17.4. The zero-order chi connectivity index (χ0) is 20.7. The molecule has 3 aromatic rings. The molecule has 0 atom stereocenters. The number of carbonyl (C=O) groups is 1. The largest absolute Gasteiger partial charge is 0.489 e. The van der Waals surface area contributed by atoms with Gasteiger partial charge in [-0.3, -0.25) is 4.79 Å². The minimum absolute atomic E-state index is 0.0541. The fourth-order valence-electron chi connectivity index (χ4n) is 2.57. The van der Waals surface area contributed by atoms with Gasteiger partial charge in [0.2, 0.25) is 10.0 Å². The van der Waals surface area contributed by atoms with E-state index in [2.05, 4.69) is 10.0 Å². The van der Waals surface area contributed by atoms with Crippen molar-refractivity contribution >= 4 is 15.9 Å². The average molecular weight is 414 g/mol. The van der Waals surface area contributed by atoms with Crippen LogP contribution in [-0.4, -0.2) is 27.4 Å². The predicted octanol–water partition coefficient (Wildman–Crippen LogP) is 2.88. The predicted molar refractivity (Wildman–Crippen MR) is 108 cm³/mol. The third-order valence-corrected chi connectivity index (χ3v) is 5.60. The molecule has 152 valence electrons. The van der Waals surface area contributed by atoms with Gasteiger partial charge in [-0.2, -0.15) is 0 Å². The van der Waals surface area contributed by atoms with Crippen molar-refractivity contribution < 1.29 is 22.4 Å². The van der Waals surface area contributed by atoms with E-state index in [1.54, 1.807) is 18.2 Å². The van der Waals surface area contributed by atoms with Crippen molar-refractivity contribution in [2.45, 2.75) is 18.4 Å². The van der Waals surface area contributed by atoms with Crippen LogP contribution in [0.25, 0.3) is 0 Å². The zero-order valence-corrected chi connectivity index (χ0v) is 16.7. The highest BCUT2D eigenvalue weighted by molar-refractivity contribution is 7.89. The standard InChI is InChI=1S/C21H22N2O5S/c1-16-7-9-19(10-8-16)29(25,26)23-13-12-22-21(24)20-17(11-14-27-20)15-28-18-5-3-2-4-6-18/h2-11,14,23H,12-13,15H2,1H3,(H,22,24). The number of ether oxygens (including phenoxy) is 1. The Hall–Kier alpha value is -3.10. The van der Waals surface area contributed by atoms with Crippen LogP contribution in [0.3, 0.4) is 0 Å². The number of furan rings is 1. The van der Waals surface area contributed by atoms with Gasteiger partial charge in [-0.25, -0.2) is 13.1 Å². The van der Waals surface area contributed by atoms with Crippen molar-refractivity contribution in [1.82, 2.24) is 10.0 Å². The van der Waals surface area contributed by atoms with Gasteiger partial charge in [-0.1, -0.05) is 35.9 Å². The van der Waals surface area contributed by atoms with Crippen molar-refractivity contribution in [3.05, 3.63) is 83.8 Å². The number of hydrogen-bond donors (Lipinski definition) is 2. The van der Waals surface area contributed by atoms with Crippen LogP contribution in [0.15, 0.2) is 76.2 Å². The lowest BCUT2D eigenvalue weighted by atomic mass is 10.2. The number of carbonyl (C=O) groups excluding carboxylic acids is 1. The van der Waals surface area contributed by atoms with Crippen molar-refractivity contribution in [1.29, 1.82) is 0 Å². The van der Waals surface area contributed by atoms with E-state index >= 15 is 0 Å². The SMILES string of the molecule is Cc1ccc(S(=O)(=O)NCCNC(=O)c2occc2COc2ccccc2)cc1. The van der Waals surface area contributed by atoms with Gasteiger partial charge in [0.25, 0.3) is 5.91 Å². The Labute approximate surface area is 169 Å². The van der Waals surface area contributed by atoms with Gasteiger partial charge in [0.05, 0.1) is 11.2 Å². The molecule has 0 saturated heterocycles. The normalized spacial score (nSPS) is 11.2. The summed E-state index contributed by atoms with van der Waals surface area (Å²) in [5.41, 5.74) is 1.58. The quantitative estimate of drug-likeness (QED) is 0.525. The molecule has 1 aromatic heterocycles. The minimum atomic E-state index is -3.62. The lowest BCUT2D eigenvalue weighted by Gasteiger charge is -2.09. The number of benzene rings is 2. The van der Waals surface area contributed by atoms with Crippen molar-refractivity contribution in [2.75, 3.05) is 13.1 Å². The van der Waals surface area contributed by atoms with Crippen LogP contribution < -0.4 is 14.8 Å². The molecule has 0 radical (unpaired) electrons. The number of amides is 1. The summed E-state index contributed by atoms with van der Waals surface area (Å²) in [5, 5.41) is 2.64. The van der Waals surface area contributed by atoms with Crippen LogP contribution in [-0.2, 0) is 16.6 Å². The van der Waals surface area contributed by atoms with Crippen molar-refractivity contribution in [3.63, 3.8) is 0 Å². The van der Waals surface area contributed by atoms with Gasteiger partial charge in [-0.05, 0) is 37.3 Å². The molecule has 8 heteroatoms. The second kappa shape index (κ2) is 9.40. The molecule has 1 heterocycles. The van der Waals surface area contributed by atoms with Crippen molar-refractivity contribution in [3.8, 4) is 5.75 Å². The fraction of sp³-hybridized carbons (Fsp3) is 0.190. The Morgan fingerprint density at radius 3 is 2.45 bits per heavy atom. The van der Waals surface area contributed by atoms with E-state index in [-0.39, 0.29) is 30.4 Å². The molecule has 0 fully saturated rings. The van der Waals surface area contributed by atoms with Gasteiger partial charge in [-0.15, -0.1) is 0 Å². The first-order valence-electron chi connectivity index (χ1n) is 9.04. The smallest absolute Gasteiger partial charge is 0.287 e. The van der Waals surface area contributed by atoms with E-state index in [4.69, 9.17) is 9.15 Å². The summed E-state index contributed by atoms with van der Waals surface area (Å²) in [6.45, 7) is 2.23. The summed E-state index contributed by atoms with van der Waals surface area (Å²) in [6.07, 6.45) is 1.42. The second-order valence-corrected chi connectivity index (χ2v) is 8.11. The van der Waals surface area contributed by atoms with E-state index in [0.717, 1.165) is 5.56 Å². The highest BCUT2D eigenvalue weighted by atomic mass is 32.2. The van der Waals surface area contributed by atoms with Crippen LogP contribution in [0.2, 0.25) is 0 Å². The van der Waals surface area contributed by atoms with E-state index in [9.17, 15) is 13.2 Å². The Bertz CT molecular complexity index is 1040. The first kappa shape index (κ1) is 20.6. The lowest BCUT2D eigenvalue weighted by molar-refractivity contribution is 0.0923. The molecule has 29 heavy (non-hydrogen) atoms.